The highest BCUT2D eigenvalue weighted by molar-refractivity contribution is 5.95. The number of nitrogens with one attached hydrogen (secondary N) is 1. The Kier molecular flexibility index (Phi) is 5.66. The molecular formula is C15H22F2N2O2. The molecule has 0 heterocycles. The molecule has 4 nitrogen and oxygen atoms in total. The van der Waals surface area contributed by atoms with Gasteiger partial charge in [-0.15, -0.1) is 0 Å². The van der Waals surface area contributed by atoms with Crippen molar-refractivity contribution in [3.05, 3.63) is 23.8 Å². The van der Waals surface area contributed by atoms with Crippen molar-refractivity contribution in [3.63, 3.8) is 0 Å². The fraction of sp³-hybridized carbons (Fsp3) is 0.533. The number of hydrogen-bond acceptors (Lipinski definition) is 3. The van der Waals surface area contributed by atoms with Gasteiger partial charge in [-0.25, -0.2) is 8.78 Å². The summed E-state index contributed by atoms with van der Waals surface area (Å²) in [5.41, 5.74) is 6.68. The second-order valence-corrected chi connectivity index (χ2v) is 6.02. The maximum Gasteiger partial charge on any atom is 0.272 e. The zero-order valence-corrected chi connectivity index (χ0v) is 12.7. The third-order valence-electron chi connectivity index (χ3n) is 3.04. The first kappa shape index (κ1) is 17.4. The molecule has 1 aromatic rings. The van der Waals surface area contributed by atoms with E-state index in [9.17, 15) is 13.6 Å². The number of halogens is 2. The van der Waals surface area contributed by atoms with Crippen LogP contribution < -0.4 is 15.8 Å². The smallest absolute Gasteiger partial charge is 0.272 e. The standard InChI is InChI=1S/C15H22F2N2O2/c1-9-5-6-10(7-11(9)21-8-12(16)17)19-14(20)13(18)15(2,3)4/h5-7,12-13H,8,18H2,1-4H3,(H,19,20)/t13-/m1/s1. The molecule has 0 aliphatic carbocycles. The molecular weight excluding hydrogens is 278 g/mol. The molecule has 3 N–H and O–H groups in total. The van der Waals surface area contributed by atoms with Crippen molar-refractivity contribution in [1.29, 1.82) is 0 Å². The van der Waals surface area contributed by atoms with Gasteiger partial charge in [0.25, 0.3) is 6.43 Å². The Labute approximate surface area is 123 Å². The summed E-state index contributed by atoms with van der Waals surface area (Å²) in [7, 11) is 0. The monoisotopic (exact) mass is 300 g/mol. The van der Waals surface area contributed by atoms with Crippen LogP contribution in [0.25, 0.3) is 0 Å². The van der Waals surface area contributed by atoms with E-state index in [1.165, 1.54) is 6.07 Å². The van der Waals surface area contributed by atoms with E-state index < -0.39 is 19.1 Å². The molecule has 0 unspecified atom stereocenters. The predicted octanol–water partition coefficient (Wildman–Crippen LogP) is 2.95. The Morgan fingerprint density at radius 2 is 2.00 bits per heavy atom. The number of alkyl halides is 2. The lowest BCUT2D eigenvalue weighted by molar-refractivity contribution is -0.119. The van der Waals surface area contributed by atoms with Gasteiger partial charge in [0, 0.05) is 11.8 Å². The quantitative estimate of drug-likeness (QED) is 0.878. The summed E-state index contributed by atoms with van der Waals surface area (Å²) in [5.74, 6) is -0.0106. The molecule has 118 valence electrons. The van der Waals surface area contributed by atoms with Gasteiger partial charge >= 0.3 is 0 Å². The number of rotatable bonds is 5. The Balaban J connectivity index is 2.80. The van der Waals surface area contributed by atoms with E-state index in [2.05, 4.69) is 5.32 Å². The lowest BCUT2D eigenvalue weighted by Crippen LogP contribution is -2.45. The van der Waals surface area contributed by atoms with Crippen LogP contribution in [0.1, 0.15) is 26.3 Å². The number of nitrogens with two attached hydrogens (primary N) is 1. The van der Waals surface area contributed by atoms with Gasteiger partial charge in [-0.05, 0) is 24.0 Å². The van der Waals surface area contributed by atoms with Crippen LogP contribution in [-0.2, 0) is 4.79 Å². The van der Waals surface area contributed by atoms with Gasteiger partial charge in [-0.1, -0.05) is 26.8 Å². The van der Waals surface area contributed by atoms with Crippen LogP contribution >= 0.6 is 0 Å². The number of benzene rings is 1. The van der Waals surface area contributed by atoms with Crippen LogP contribution in [0.4, 0.5) is 14.5 Å². The average Bonchev–Trinajstić information content (AvgIpc) is 2.37. The van der Waals surface area contributed by atoms with Crippen LogP contribution in [-0.4, -0.2) is 25.0 Å². The van der Waals surface area contributed by atoms with E-state index in [-0.39, 0.29) is 11.3 Å². The van der Waals surface area contributed by atoms with Crippen LogP contribution in [0, 0.1) is 12.3 Å². The highest BCUT2D eigenvalue weighted by Gasteiger charge is 2.27. The number of aryl methyl sites for hydroxylation is 1. The number of carbonyl (C=O) groups is 1. The lowest BCUT2D eigenvalue weighted by atomic mass is 9.87. The van der Waals surface area contributed by atoms with Crippen molar-refractivity contribution < 1.29 is 18.3 Å². The average molecular weight is 300 g/mol. The summed E-state index contributed by atoms with van der Waals surface area (Å²) in [6.45, 7) is 6.66. The number of amides is 1. The van der Waals surface area contributed by atoms with Gasteiger partial charge in [-0.2, -0.15) is 0 Å². The van der Waals surface area contributed by atoms with E-state index in [4.69, 9.17) is 10.5 Å². The molecule has 0 bridgehead atoms. The van der Waals surface area contributed by atoms with Crippen molar-refractivity contribution in [3.8, 4) is 5.75 Å². The molecule has 0 fully saturated rings. The van der Waals surface area contributed by atoms with Crippen molar-refractivity contribution in [1.82, 2.24) is 0 Å². The zero-order chi connectivity index (χ0) is 16.2. The van der Waals surface area contributed by atoms with E-state index in [0.29, 0.717) is 17.0 Å². The Bertz CT molecular complexity index is 499. The Morgan fingerprint density at radius 3 is 2.52 bits per heavy atom. The van der Waals surface area contributed by atoms with Gasteiger partial charge < -0.3 is 15.8 Å². The summed E-state index contributed by atoms with van der Waals surface area (Å²) in [5, 5.41) is 2.67. The van der Waals surface area contributed by atoms with Gasteiger partial charge in [0.2, 0.25) is 5.91 Å². The first-order chi connectivity index (χ1) is 9.61. The summed E-state index contributed by atoms with van der Waals surface area (Å²) in [4.78, 5) is 12.0. The molecule has 0 saturated carbocycles. The van der Waals surface area contributed by atoms with E-state index >= 15 is 0 Å². The molecule has 1 atom stereocenters. The largest absolute Gasteiger partial charge is 0.487 e. The summed E-state index contributed by atoms with van der Waals surface area (Å²) >= 11 is 0. The van der Waals surface area contributed by atoms with Crippen molar-refractivity contribution >= 4 is 11.6 Å². The minimum Gasteiger partial charge on any atom is -0.487 e. The van der Waals surface area contributed by atoms with Crippen molar-refractivity contribution in [2.24, 2.45) is 11.1 Å². The maximum absolute atomic E-state index is 12.2. The van der Waals surface area contributed by atoms with E-state index in [0.717, 1.165) is 0 Å². The molecule has 0 spiro atoms. The molecule has 0 aliphatic rings. The predicted molar refractivity (Wildman–Crippen MR) is 78.7 cm³/mol. The SMILES string of the molecule is Cc1ccc(NC(=O)[C@@H](N)C(C)(C)C)cc1OCC(F)F. The normalized spacial score (nSPS) is 13.1. The van der Waals surface area contributed by atoms with Crippen LogP contribution in [0.2, 0.25) is 0 Å². The molecule has 0 aliphatic heterocycles. The van der Waals surface area contributed by atoms with Crippen molar-refractivity contribution in [2.45, 2.75) is 40.2 Å². The van der Waals surface area contributed by atoms with E-state index in [1.807, 2.05) is 20.8 Å². The third kappa shape index (κ3) is 5.30. The molecule has 0 saturated heterocycles. The number of anilines is 1. The molecule has 1 rings (SSSR count). The van der Waals surface area contributed by atoms with Gasteiger partial charge in [0.05, 0.1) is 6.04 Å². The van der Waals surface area contributed by atoms with Gasteiger partial charge in [0.15, 0.2) is 0 Å². The second-order valence-electron chi connectivity index (χ2n) is 6.02. The van der Waals surface area contributed by atoms with Gasteiger partial charge in [0.1, 0.15) is 12.4 Å². The topological polar surface area (TPSA) is 64.4 Å². The summed E-state index contributed by atoms with van der Waals surface area (Å²) in [6, 6.07) is 4.21. The lowest BCUT2D eigenvalue weighted by Gasteiger charge is -2.26. The Hall–Kier alpha value is -1.69. The fourth-order valence-corrected chi connectivity index (χ4v) is 1.60. The first-order valence-electron chi connectivity index (χ1n) is 6.69. The van der Waals surface area contributed by atoms with Crippen LogP contribution in [0.3, 0.4) is 0 Å². The fourth-order valence-electron chi connectivity index (χ4n) is 1.60. The number of hydrogen-bond donors (Lipinski definition) is 2. The van der Waals surface area contributed by atoms with Gasteiger partial charge in [-0.3, -0.25) is 4.79 Å². The number of carbonyl (C=O) groups excluding carboxylic acids is 1. The highest BCUT2D eigenvalue weighted by Crippen LogP contribution is 2.24. The Morgan fingerprint density at radius 1 is 1.38 bits per heavy atom. The van der Waals surface area contributed by atoms with E-state index in [1.54, 1.807) is 19.1 Å². The van der Waals surface area contributed by atoms with Crippen LogP contribution in [0.15, 0.2) is 18.2 Å². The van der Waals surface area contributed by atoms with Crippen molar-refractivity contribution in [2.75, 3.05) is 11.9 Å². The molecule has 21 heavy (non-hydrogen) atoms. The molecule has 0 aromatic heterocycles. The summed E-state index contributed by atoms with van der Waals surface area (Å²) in [6.07, 6.45) is -2.54. The second kappa shape index (κ2) is 6.85. The highest BCUT2D eigenvalue weighted by atomic mass is 19.3. The zero-order valence-electron chi connectivity index (χ0n) is 12.7. The van der Waals surface area contributed by atoms with Crippen LogP contribution in [0.5, 0.6) is 5.75 Å². The maximum atomic E-state index is 12.2. The minimum atomic E-state index is -2.54. The molecule has 1 aromatic carbocycles. The molecule has 0 radical (unpaired) electrons. The molecule has 6 heteroatoms. The first-order valence-corrected chi connectivity index (χ1v) is 6.69. The number of ether oxygens (including phenoxy) is 1. The molecule has 1 amide bonds. The minimum absolute atomic E-state index is 0.317. The summed E-state index contributed by atoms with van der Waals surface area (Å²) < 4.78 is 29.4. The third-order valence-corrected chi connectivity index (χ3v) is 3.04.